The van der Waals surface area contributed by atoms with Gasteiger partial charge in [-0.25, -0.2) is 4.57 Å². The van der Waals surface area contributed by atoms with E-state index in [2.05, 4.69) is 90.8 Å². The largest absolute Gasteiger partial charge is 0.286 e. The van der Waals surface area contributed by atoms with E-state index in [1.54, 1.807) is 0 Å². The van der Waals surface area contributed by atoms with Crippen LogP contribution in [0.25, 0.3) is 27.6 Å². The molecule has 4 rings (SSSR count). The second-order valence-corrected chi connectivity index (χ2v) is 5.93. The lowest BCUT2D eigenvalue weighted by molar-refractivity contribution is -0.665. The molecule has 0 amide bonds. The van der Waals surface area contributed by atoms with E-state index in [1.165, 1.54) is 38.8 Å². The molecule has 2 aromatic heterocycles. The molecular weight excluding hydrogens is 268 g/mol. The van der Waals surface area contributed by atoms with E-state index in [4.69, 9.17) is 0 Å². The third-order valence-electron chi connectivity index (χ3n) is 4.62. The molecule has 2 heteroatoms. The summed E-state index contributed by atoms with van der Waals surface area (Å²) >= 11 is 0. The van der Waals surface area contributed by atoms with Gasteiger partial charge < -0.3 is 0 Å². The summed E-state index contributed by atoms with van der Waals surface area (Å²) in [6.07, 6.45) is 2.10. The van der Waals surface area contributed by atoms with Crippen molar-refractivity contribution in [1.29, 1.82) is 0 Å². The van der Waals surface area contributed by atoms with Crippen molar-refractivity contribution < 1.29 is 4.57 Å². The van der Waals surface area contributed by atoms with Gasteiger partial charge in [-0.15, -0.1) is 0 Å². The Balaban J connectivity index is 2.29. The van der Waals surface area contributed by atoms with Crippen LogP contribution >= 0.6 is 0 Å². The van der Waals surface area contributed by atoms with Crippen molar-refractivity contribution in [3.63, 3.8) is 0 Å². The van der Waals surface area contributed by atoms with Crippen LogP contribution < -0.4 is 4.57 Å². The first-order valence-corrected chi connectivity index (χ1v) is 7.63. The molecule has 4 aromatic rings. The van der Waals surface area contributed by atoms with Gasteiger partial charge in [0.05, 0.1) is 13.2 Å². The van der Waals surface area contributed by atoms with Crippen molar-refractivity contribution in [3.05, 3.63) is 71.9 Å². The molecule has 0 unspecified atom stereocenters. The maximum absolute atomic E-state index is 2.38. The Bertz CT molecular complexity index is 1010. The van der Waals surface area contributed by atoms with E-state index in [0.29, 0.717) is 0 Å². The summed E-state index contributed by atoms with van der Waals surface area (Å²) in [4.78, 5) is 0. The normalized spacial score (nSPS) is 11.4. The Labute approximate surface area is 130 Å². The van der Waals surface area contributed by atoms with Crippen molar-refractivity contribution in [3.8, 4) is 5.82 Å². The van der Waals surface area contributed by atoms with Crippen molar-refractivity contribution in [1.82, 2.24) is 4.57 Å². The standard InChI is InChI=1S/C20H19N2/c1-14-11-12-17-16-8-4-5-9-18(16)22(20(17)15(14)2)19-10-6-7-13-21(19)3/h4-13H,1-3H3/q+1. The van der Waals surface area contributed by atoms with Crippen LogP contribution in [-0.4, -0.2) is 4.57 Å². The van der Waals surface area contributed by atoms with Crippen LogP contribution in [0.5, 0.6) is 0 Å². The fraction of sp³-hybridized carbons (Fsp3) is 0.150. The van der Waals surface area contributed by atoms with E-state index in [-0.39, 0.29) is 0 Å². The zero-order valence-electron chi connectivity index (χ0n) is 13.2. The first-order valence-electron chi connectivity index (χ1n) is 7.63. The second kappa shape index (κ2) is 4.70. The van der Waals surface area contributed by atoms with E-state index in [9.17, 15) is 0 Å². The van der Waals surface area contributed by atoms with Gasteiger partial charge >= 0.3 is 0 Å². The van der Waals surface area contributed by atoms with Gasteiger partial charge in [0.1, 0.15) is 11.0 Å². The van der Waals surface area contributed by atoms with Crippen LogP contribution in [-0.2, 0) is 7.05 Å². The molecule has 2 nitrogen and oxygen atoms in total. The molecule has 0 spiro atoms. The summed E-state index contributed by atoms with van der Waals surface area (Å²) in [7, 11) is 2.10. The number of hydrogen-bond acceptors (Lipinski definition) is 0. The van der Waals surface area contributed by atoms with Crippen molar-refractivity contribution in [2.45, 2.75) is 13.8 Å². The predicted molar refractivity (Wildman–Crippen MR) is 91.4 cm³/mol. The molecule has 0 N–H and O–H groups in total. The Morgan fingerprint density at radius 2 is 1.59 bits per heavy atom. The average Bonchev–Trinajstić information content (AvgIpc) is 2.87. The fourth-order valence-electron chi connectivity index (χ4n) is 3.31. The molecule has 22 heavy (non-hydrogen) atoms. The van der Waals surface area contributed by atoms with Crippen molar-refractivity contribution in [2.24, 2.45) is 7.05 Å². The first kappa shape index (κ1) is 13.1. The monoisotopic (exact) mass is 287 g/mol. The summed E-state index contributed by atoms with van der Waals surface area (Å²) in [6, 6.07) is 19.5. The number of rotatable bonds is 1. The third kappa shape index (κ3) is 1.70. The molecule has 0 radical (unpaired) electrons. The van der Waals surface area contributed by atoms with E-state index in [1.807, 2.05) is 0 Å². The molecule has 0 atom stereocenters. The maximum atomic E-state index is 2.38. The molecule has 0 saturated heterocycles. The molecule has 0 fully saturated rings. The van der Waals surface area contributed by atoms with Crippen LogP contribution in [0.1, 0.15) is 11.1 Å². The second-order valence-electron chi connectivity index (χ2n) is 5.93. The number of aryl methyl sites for hydroxylation is 3. The SMILES string of the molecule is Cc1ccc2c3ccccc3n(-c3cccc[n+]3C)c2c1C. The van der Waals surface area contributed by atoms with Gasteiger partial charge in [0.25, 0.3) is 5.82 Å². The zero-order valence-corrected chi connectivity index (χ0v) is 13.2. The topological polar surface area (TPSA) is 8.81 Å². The van der Waals surface area contributed by atoms with Crippen LogP contribution in [0.2, 0.25) is 0 Å². The Morgan fingerprint density at radius 1 is 0.818 bits per heavy atom. The summed E-state index contributed by atoms with van der Waals surface area (Å²) < 4.78 is 4.56. The molecule has 0 bridgehead atoms. The van der Waals surface area contributed by atoms with Gasteiger partial charge in [-0.3, -0.25) is 0 Å². The number of aromatic nitrogens is 2. The van der Waals surface area contributed by atoms with E-state index < -0.39 is 0 Å². The molecule has 2 heterocycles. The minimum Gasteiger partial charge on any atom is -0.237 e. The summed E-state index contributed by atoms with van der Waals surface area (Å²) in [6.45, 7) is 4.40. The van der Waals surface area contributed by atoms with Crippen LogP contribution in [0.4, 0.5) is 0 Å². The minimum absolute atomic E-state index is 1.18. The number of pyridine rings is 1. The lowest BCUT2D eigenvalue weighted by Crippen LogP contribution is -2.33. The summed E-state index contributed by atoms with van der Waals surface area (Å²) in [5, 5.41) is 2.63. The highest BCUT2D eigenvalue weighted by Crippen LogP contribution is 2.33. The quantitative estimate of drug-likeness (QED) is 0.463. The molecule has 0 aliphatic heterocycles. The van der Waals surface area contributed by atoms with Crippen molar-refractivity contribution >= 4 is 21.8 Å². The van der Waals surface area contributed by atoms with E-state index in [0.717, 1.165) is 0 Å². The number of benzene rings is 2. The maximum Gasteiger partial charge on any atom is 0.286 e. The number of para-hydroxylation sites is 1. The fourth-order valence-corrected chi connectivity index (χ4v) is 3.31. The van der Waals surface area contributed by atoms with Gasteiger partial charge in [0.15, 0.2) is 0 Å². The van der Waals surface area contributed by atoms with E-state index >= 15 is 0 Å². The molecule has 2 aromatic carbocycles. The smallest absolute Gasteiger partial charge is 0.237 e. The third-order valence-corrected chi connectivity index (χ3v) is 4.62. The summed E-state index contributed by atoms with van der Waals surface area (Å²) in [5.74, 6) is 1.18. The molecule has 0 aliphatic rings. The summed E-state index contributed by atoms with van der Waals surface area (Å²) in [5.41, 5.74) is 5.24. The Hall–Kier alpha value is -2.61. The molecule has 0 aliphatic carbocycles. The lowest BCUT2D eigenvalue weighted by atomic mass is 10.1. The van der Waals surface area contributed by atoms with Gasteiger partial charge in [0.2, 0.25) is 0 Å². The van der Waals surface area contributed by atoms with Gasteiger partial charge in [-0.2, -0.15) is 4.57 Å². The van der Waals surface area contributed by atoms with Gasteiger partial charge in [-0.1, -0.05) is 24.3 Å². The van der Waals surface area contributed by atoms with Gasteiger partial charge in [-0.05, 0) is 49.2 Å². The molecule has 108 valence electrons. The highest BCUT2D eigenvalue weighted by Gasteiger charge is 2.22. The molecular formula is C20H19N2+. The Kier molecular flexibility index (Phi) is 2.80. The first-order chi connectivity index (χ1) is 10.7. The van der Waals surface area contributed by atoms with Crippen LogP contribution in [0, 0.1) is 13.8 Å². The number of fused-ring (bicyclic) bond motifs is 3. The predicted octanol–water partition coefficient (Wildman–Crippen LogP) is 4.23. The van der Waals surface area contributed by atoms with Gasteiger partial charge in [0, 0.05) is 16.8 Å². The zero-order chi connectivity index (χ0) is 15.3. The van der Waals surface area contributed by atoms with Crippen LogP contribution in [0.15, 0.2) is 60.8 Å². The highest BCUT2D eigenvalue weighted by atomic mass is 15.1. The van der Waals surface area contributed by atoms with Crippen LogP contribution in [0.3, 0.4) is 0 Å². The highest BCUT2D eigenvalue weighted by molar-refractivity contribution is 6.10. The van der Waals surface area contributed by atoms with Crippen molar-refractivity contribution in [2.75, 3.05) is 0 Å². The lowest BCUT2D eigenvalue weighted by Gasteiger charge is -2.06. The average molecular weight is 287 g/mol. The number of nitrogens with zero attached hydrogens (tertiary/aromatic N) is 2. The Morgan fingerprint density at radius 3 is 2.41 bits per heavy atom. The number of hydrogen-bond donors (Lipinski definition) is 0. The molecule has 0 saturated carbocycles. The minimum atomic E-state index is 1.18.